The van der Waals surface area contributed by atoms with Crippen LogP contribution in [0.4, 0.5) is 10.5 Å². The van der Waals surface area contributed by atoms with Crippen molar-refractivity contribution in [1.29, 1.82) is 0 Å². The molecule has 498 valence electrons. The molecule has 2 aromatic carbocycles. The van der Waals surface area contributed by atoms with E-state index in [2.05, 4.69) is 17.6 Å². The molecule has 0 spiro atoms. The van der Waals surface area contributed by atoms with Crippen LogP contribution in [0, 0.1) is 47.3 Å². The van der Waals surface area contributed by atoms with Gasteiger partial charge in [0.15, 0.2) is 5.78 Å². The number of Topliss-reactive ketones (excluding diaryl/α,β-unsaturated/α-hetero) is 3. The lowest BCUT2D eigenvalue weighted by atomic mass is 9.82. The summed E-state index contributed by atoms with van der Waals surface area (Å²) >= 11 is 1.40. The average Bonchev–Trinajstić information content (AvgIpc) is 2.93. The van der Waals surface area contributed by atoms with E-state index in [1.807, 2.05) is 104 Å². The summed E-state index contributed by atoms with van der Waals surface area (Å²) in [4.78, 5) is 134. The largest absolute Gasteiger partial charge is 0.481 e. The number of nitrogens with zero attached hydrogens (tertiary/aromatic N) is 4. The molecule has 89 heavy (non-hydrogen) atoms. The lowest BCUT2D eigenvalue weighted by Gasteiger charge is -2.41. The minimum atomic E-state index is -1.02. The third-order valence-corrected chi connectivity index (χ3v) is 18.7. The van der Waals surface area contributed by atoms with E-state index >= 15 is 0 Å². The van der Waals surface area contributed by atoms with Gasteiger partial charge in [-0.05, 0) is 85.3 Å². The molecule has 2 aliphatic rings. The van der Waals surface area contributed by atoms with Crippen molar-refractivity contribution in [2.45, 2.75) is 188 Å². The SMILES string of the molecule is CC[C@H](C)[C@@H]([C@@H](CC(=O)N1CCC[C@H]1[C@H](OC)[C@@H](C)C(=O)C[C@@H](Cc1ccccc1)C(=O)O)OC)N(C)C(=O)[C@@H](CC(=O)[C@@H](C)C(C)C)C(C)C.CSC1CC(=O)N(CCCCCC(=O)N[C@H](C(=O)CNc2ccc(COC(=O)N(C)C)cc2)C(C)C)C1=O. The smallest absolute Gasteiger partial charge is 0.409 e. The quantitative estimate of drug-likeness (QED) is 0.0420. The van der Waals surface area contributed by atoms with Crippen molar-refractivity contribution in [1.82, 2.24) is 24.9 Å². The molecule has 4 rings (SSSR count). The predicted octanol–water partition coefficient (Wildman–Crippen LogP) is 9.39. The zero-order valence-corrected chi connectivity index (χ0v) is 56.9. The fourth-order valence-electron chi connectivity index (χ4n) is 11.5. The Morgan fingerprint density at radius 3 is 1.93 bits per heavy atom. The summed E-state index contributed by atoms with van der Waals surface area (Å²) in [6.07, 6.45) is 5.19. The number of hydrogen-bond donors (Lipinski definition) is 3. The van der Waals surface area contributed by atoms with Gasteiger partial charge in [-0.15, -0.1) is 0 Å². The van der Waals surface area contributed by atoms with Gasteiger partial charge in [0.2, 0.25) is 29.5 Å². The summed E-state index contributed by atoms with van der Waals surface area (Å²) in [5.41, 5.74) is 2.42. The molecular weight excluding hydrogens is 1160 g/mol. The Labute approximate surface area is 534 Å². The van der Waals surface area contributed by atoms with E-state index in [-0.39, 0.29) is 139 Å². The zero-order valence-electron chi connectivity index (χ0n) is 56.0. The third-order valence-electron chi connectivity index (χ3n) is 17.8. The molecule has 11 atom stereocenters. The standard InChI is InChI=1S/C41H66N2O8.C27H40N4O6S/c1-12-27(6)38(42(9)40(47)32(26(4)5)23-35(45)28(7)25(2)3)36(50-10)24-37(46)43-20-16-19-33(43)39(51-11)29(8)34(44)22-31(41(48)49)21-30-17-14-13-15-18-30;1-18(2)25(21(32)16-28-20-12-10-19(11-13-20)17-37-27(36)30(3)4)29-23(33)9-7-6-8-14-31-24(34)15-22(38-5)26(31)35/h13-15,17-18,25-29,31-33,36,38-39H,12,16,19-24H2,1-11H3,(H,48,49);10-13,18,22,25,28H,6-9,14-17H2,1-5H3,(H,29,33)/t27-,28-,29-,31+,32-,33-,36+,38-,39+;22?,25-/m00/s1. The summed E-state index contributed by atoms with van der Waals surface area (Å²) in [7, 11) is 8.09. The van der Waals surface area contributed by atoms with Gasteiger partial charge in [0.1, 0.15) is 18.2 Å². The van der Waals surface area contributed by atoms with Crippen LogP contribution in [0.3, 0.4) is 0 Å². The second kappa shape index (κ2) is 38.5. The van der Waals surface area contributed by atoms with Gasteiger partial charge in [0, 0.05) is 97.6 Å². The highest BCUT2D eigenvalue weighted by molar-refractivity contribution is 8.00. The highest BCUT2D eigenvalue weighted by Gasteiger charge is 2.44. The summed E-state index contributed by atoms with van der Waals surface area (Å²) in [6, 6.07) is 15.1. The van der Waals surface area contributed by atoms with Crippen LogP contribution >= 0.6 is 11.8 Å². The molecule has 2 aromatic rings. The fourth-order valence-corrected chi connectivity index (χ4v) is 12.2. The summed E-state index contributed by atoms with van der Waals surface area (Å²) < 4.78 is 17.0. The van der Waals surface area contributed by atoms with Crippen molar-refractivity contribution < 1.29 is 67.3 Å². The number of imide groups is 1. The third kappa shape index (κ3) is 23.9. The Morgan fingerprint density at radius 2 is 1.39 bits per heavy atom. The first kappa shape index (κ1) is 77.1. The van der Waals surface area contributed by atoms with E-state index in [1.54, 1.807) is 57.1 Å². The van der Waals surface area contributed by atoms with Gasteiger partial charge in [0.05, 0.1) is 54.5 Å². The number of methoxy groups -OCH3 is 2. The molecule has 20 nitrogen and oxygen atoms in total. The van der Waals surface area contributed by atoms with E-state index in [0.29, 0.717) is 38.8 Å². The van der Waals surface area contributed by atoms with Crippen LogP contribution in [-0.4, -0.2) is 180 Å². The number of thioether (sulfide) groups is 1. The van der Waals surface area contributed by atoms with Crippen molar-refractivity contribution in [2.24, 2.45) is 47.3 Å². The molecule has 6 amide bonds. The van der Waals surface area contributed by atoms with Crippen LogP contribution in [0.25, 0.3) is 0 Å². The number of rotatable bonds is 37. The van der Waals surface area contributed by atoms with Crippen LogP contribution in [0.15, 0.2) is 54.6 Å². The zero-order chi connectivity index (χ0) is 66.8. The molecular formula is C68H106N6O14S. The number of unbranched alkanes of at least 4 members (excludes halogenated alkanes) is 2. The topological polar surface area (TPSA) is 256 Å². The minimum Gasteiger partial charge on any atom is -0.481 e. The molecule has 3 N–H and O–H groups in total. The number of ketones is 3. The van der Waals surface area contributed by atoms with E-state index in [4.69, 9.17) is 14.2 Å². The number of carboxylic acid groups (broad SMARTS) is 1. The number of aliphatic carboxylic acids is 1. The van der Waals surface area contributed by atoms with Crippen molar-refractivity contribution in [3.05, 3.63) is 65.7 Å². The molecule has 1 unspecified atom stereocenters. The number of hydrogen-bond acceptors (Lipinski definition) is 15. The highest BCUT2D eigenvalue weighted by Crippen LogP contribution is 2.33. The number of benzene rings is 2. The molecule has 2 saturated heterocycles. The van der Waals surface area contributed by atoms with Gasteiger partial charge in [0.25, 0.3) is 0 Å². The number of carbonyl (C=O) groups is 10. The average molecular weight is 1260 g/mol. The first-order valence-electron chi connectivity index (χ1n) is 31.8. The molecule has 2 heterocycles. The Kier molecular flexibility index (Phi) is 33.3. The Balaban J connectivity index is 0.000000485. The van der Waals surface area contributed by atoms with E-state index in [0.717, 1.165) is 29.7 Å². The molecule has 0 saturated carbocycles. The summed E-state index contributed by atoms with van der Waals surface area (Å²) in [6.45, 7) is 20.6. The van der Waals surface area contributed by atoms with Gasteiger partial charge in [-0.25, -0.2) is 4.79 Å². The maximum Gasteiger partial charge on any atom is 0.409 e. The maximum atomic E-state index is 14.1. The monoisotopic (exact) mass is 1260 g/mol. The Hall–Kier alpha value is -6.19. The molecule has 0 bridgehead atoms. The number of amides is 6. The second-order valence-corrected chi connectivity index (χ2v) is 26.5. The van der Waals surface area contributed by atoms with Crippen molar-refractivity contribution in [3.63, 3.8) is 0 Å². The molecule has 0 aromatic heterocycles. The van der Waals surface area contributed by atoms with Crippen LogP contribution in [0.2, 0.25) is 0 Å². The van der Waals surface area contributed by atoms with Gasteiger partial charge >= 0.3 is 12.1 Å². The van der Waals surface area contributed by atoms with Crippen LogP contribution in [0.5, 0.6) is 0 Å². The molecule has 2 aliphatic heterocycles. The first-order valence-corrected chi connectivity index (χ1v) is 33.1. The molecule has 21 heteroatoms. The van der Waals surface area contributed by atoms with Gasteiger partial charge in [-0.1, -0.05) is 125 Å². The predicted molar refractivity (Wildman–Crippen MR) is 347 cm³/mol. The van der Waals surface area contributed by atoms with Crippen molar-refractivity contribution in [2.75, 3.05) is 66.6 Å². The van der Waals surface area contributed by atoms with E-state index in [9.17, 15) is 53.1 Å². The number of carbonyl (C=O) groups excluding carboxylic acids is 9. The highest BCUT2D eigenvalue weighted by atomic mass is 32.2. The summed E-state index contributed by atoms with van der Waals surface area (Å²) in [5, 5.41) is 15.6. The summed E-state index contributed by atoms with van der Waals surface area (Å²) in [5.74, 6) is -4.02. The molecule has 0 radical (unpaired) electrons. The minimum absolute atomic E-state index is 0.00612. The Morgan fingerprint density at radius 1 is 0.753 bits per heavy atom. The molecule has 2 fully saturated rings. The van der Waals surface area contributed by atoms with E-state index in [1.165, 1.54) is 28.7 Å². The number of carboxylic acids is 1. The Bertz CT molecular complexity index is 2620. The van der Waals surface area contributed by atoms with Gasteiger partial charge < -0.3 is 44.7 Å². The lowest BCUT2D eigenvalue weighted by molar-refractivity contribution is -0.149. The lowest BCUT2D eigenvalue weighted by Crippen LogP contribution is -2.54. The number of likely N-dealkylation sites (tertiary alicyclic amines) is 2. The van der Waals surface area contributed by atoms with Crippen LogP contribution < -0.4 is 10.6 Å². The van der Waals surface area contributed by atoms with Crippen LogP contribution in [-0.2, 0) is 70.4 Å². The second-order valence-electron chi connectivity index (χ2n) is 25.4. The number of likely N-dealkylation sites (N-methyl/N-ethyl adjacent to an activating group) is 1. The molecule has 0 aliphatic carbocycles. The fraction of sp³-hybridized carbons (Fsp3) is 0.676. The van der Waals surface area contributed by atoms with Gasteiger partial charge in [-0.3, -0.25) is 48.1 Å². The first-order chi connectivity index (χ1) is 42.0. The van der Waals surface area contributed by atoms with E-state index < -0.39 is 54.1 Å². The normalized spacial score (nSPS) is 18.0. The number of anilines is 1. The number of ether oxygens (including phenoxy) is 3. The van der Waals surface area contributed by atoms with Crippen LogP contribution in [0.1, 0.15) is 151 Å². The van der Waals surface area contributed by atoms with Crippen molar-refractivity contribution in [3.8, 4) is 0 Å². The number of nitrogens with one attached hydrogen (secondary N) is 2. The van der Waals surface area contributed by atoms with Crippen molar-refractivity contribution >= 4 is 76.4 Å². The maximum absolute atomic E-state index is 14.1. The van der Waals surface area contributed by atoms with Gasteiger partial charge in [-0.2, -0.15) is 11.8 Å².